The highest BCUT2D eigenvalue weighted by Crippen LogP contribution is 2.20. The highest BCUT2D eigenvalue weighted by atomic mass is 16.5. The number of aromatic nitrogens is 2. The molecule has 1 unspecified atom stereocenters. The molecule has 0 aliphatic carbocycles. The van der Waals surface area contributed by atoms with E-state index in [0.717, 1.165) is 29.9 Å². The van der Waals surface area contributed by atoms with E-state index in [1.54, 1.807) is 17.0 Å². The third-order valence-corrected chi connectivity index (χ3v) is 6.76. The molecule has 2 aliphatic rings. The van der Waals surface area contributed by atoms with Crippen LogP contribution >= 0.6 is 0 Å². The number of rotatable bonds is 7. The minimum absolute atomic E-state index is 0.0141. The Hall–Kier alpha value is -3.78. The van der Waals surface area contributed by atoms with E-state index in [2.05, 4.69) is 15.1 Å². The number of benzene rings is 2. The van der Waals surface area contributed by atoms with E-state index in [0.29, 0.717) is 44.9 Å². The van der Waals surface area contributed by atoms with Crippen molar-refractivity contribution >= 4 is 17.6 Å². The lowest BCUT2D eigenvalue weighted by atomic mass is 10.1. The Morgan fingerprint density at radius 2 is 1.61 bits per heavy atom. The third kappa shape index (κ3) is 5.71. The maximum atomic E-state index is 13.2. The molecule has 2 fully saturated rings. The van der Waals surface area contributed by atoms with Crippen LogP contribution in [0.3, 0.4) is 0 Å². The van der Waals surface area contributed by atoms with E-state index in [9.17, 15) is 9.59 Å². The number of carbonyl (C=O) groups excluding carboxylic acids is 2. The molecule has 1 atom stereocenters. The van der Waals surface area contributed by atoms with Crippen molar-refractivity contribution in [3.05, 3.63) is 78.4 Å². The van der Waals surface area contributed by atoms with Gasteiger partial charge in [-0.25, -0.2) is 0 Å². The molecule has 0 spiro atoms. The molecular weight excluding hydrogens is 454 g/mol. The van der Waals surface area contributed by atoms with Gasteiger partial charge >= 0.3 is 0 Å². The van der Waals surface area contributed by atoms with Crippen LogP contribution in [0.25, 0.3) is 11.3 Å². The van der Waals surface area contributed by atoms with Crippen LogP contribution in [0.4, 0.5) is 5.82 Å². The molecule has 0 N–H and O–H groups in total. The van der Waals surface area contributed by atoms with Crippen LogP contribution in [0, 0.1) is 0 Å². The van der Waals surface area contributed by atoms with Gasteiger partial charge in [0.15, 0.2) is 5.82 Å². The van der Waals surface area contributed by atoms with Gasteiger partial charge in [-0.1, -0.05) is 48.5 Å². The number of ether oxygens (including phenoxy) is 1. The van der Waals surface area contributed by atoms with Crippen molar-refractivity contribution in [2.24, 2.45) is 0 Å². The van der Waals surface area contributed by atoms with Gasteiger partial charge in [-0.05, 0) is 37.1 Å². The molecule has 0 radical (unpaired) electrons. The predicted octanol–water partition coefficient (Wildman–Crippen LogP) is 3.11. The Balaban J connectivity index is 1.19. The molecular formula is C28H31N5O3. The molecule has 3 heterocycles. The van der Waals surface area contributed by atoms with Gasteiger partial charge in [0.1, 0.15) is 6.54 Å². The summed E-state index contributed by atoms with van der Waals surface area (Å²) in [4.78, 5) is 32.0. The largest absolute Gasteiger partial charge is 0.376 e. The average Bonchev–Trinajstić information content (AvgIpc) is 3.47. The molecule has 186 valence electrons. The number of anilines is 1. The van der Waals surface area contributed by atoms with E-state index in [1.165, 1.54) is 0 Å². The van der Waals surface area contributed by atoms with E-state index in [4.69, 9.17) is 4.74 Å². The summed E-state index contributed by atoms with van der Waals surface area (Å²) < 4.78 is 5.76. The summed E-state index contributed by atoms with van der Waals surface area (Å²) in [6.07, 6.45) is 1.89. The summed E-state index contributed by atoms with van der Waals surface area (Å²) in [5.74, 6) is 0.635. The highest BCUT2D eigenvalue weighted by molar-refractivity contribution is 5.96. The van der Waals surface area contributed by atoms with E-state index in [-0.39, 0.29) is 24.5 Å². The van der Waals surface area contributed by atoms with Crippen LogP contribution < -0.4 is 4.90 Å². The second-order valence-corrected chi connectivity index (χ2v) is 9.20. The molecule has 8 heteroatoms. The van der Waals surface area contributed by atoms with E-state index in [1.807, 2.05) is 65.6 Å². The lowest BCUT2D eigenvalue weighted by Crippen LogP contribution is -2.52. The minimum Gasteiger partial charge on any atom is -0.376 e. The number of piperazine rings is 1. The zero-order chi connectivity index (χ0) is 24.7. The molecule has 2 aliphatic heterocycles. The first-order valence-electron chi connectivity index (χ1n) is 12.6. The molecule has 0 bridgehead atoms. The van der Waals surface area contributed by atoms with Gasteiger partial charge < -0.3 is 19.4 Å². The average molecular weight is 486 g/mol. The third-order valence-electron chi connectivity index (χ3n) is 6.76. The fourth-order valence-electron chi connectivity index (χ4n) is 4.72. The Labute approximate surface area is 211 Å². The maximum Gasteiger partial charge on any atom is 0.254 e. The second-order valence-electron chi connectivity index (χ2n) is 9.20. The summed E-state index contributed by atoms with van der Waals surface area (Å²) in [7, 11) is 0. The van der Waals surface area contributed by atoms with Crippen molar-refractivity contribution in [3.8, 4) is 11.3 Å². The lowest BCUT2D eigenvalue weighted by molar-refractivity contribution is -0.132. The molecule has 2 amide bonds. The number of amides is 2. The fourth-order valence-corrected chi connectivity index (χ4v) is 4.72. The van der Waals surface area contributed by atoms with Gasteiger partial charge in [-0.3, -0.25) is 9.59 Å². The Kier molecular flexibility index (Phi) is 7.52. The zero-order valence-corrected chi connectivity index (χ0v) is 20.3. The molecule has 8 nitrogen and oxygen atoms in total. The fraction of sp³-hybridized carbons (Fsp3) is 0.357. The maximum absolute atomic E-state index is 13.2. The van der Waals surface area contributed by atoms with Crippen LogP contribution in [0.5, 0.6) is 0 Å². The van der Waals surface area contributed by atoms with Crippen molar-refractivity contribution in [2.75, 3.05) is 50.8 Å². The zero-order valence-electron chi connectivity index (χ0n) is 20.3. The Bertz CT molecular complexity index is 1140. The van der Waals surface area contributed by atoms with Crippen molar-refractivity contribution in [3.63, 3.8) is 0 Å². The van der Waals surface area contributed by atoms with Crippen molar-refractivity contribution in [1.29, 1.82) is 0 Å². The van der Waals surface area contributed by atoms with E-state index >= 15 is 0 Å². The lowest BCUT2D eigenvalue weighted by Gasteiger charge is -2.36. The summed E-state index contributed by atoms with van der Waals surface area (Å²) in [5.41, 5.74) is 2.46. The highest BCUT2D eigenvalue weighted by Gasteiger charge is 2.28. The molecule has 0 saturated carbocycles. The molecule has 36 heavy (non-hydrogen) atoms. The smallest absolute Gasteiger partial charge is 0.254 e. The van der Waals surface area contributed by atoms with Crippen molar-refractivity contribution < 1.29 is 14.3 Å². The van der Waals surface area contributed by atoms with Gasteiger partial charge in [0, 0.05) is 50.5 Å². The molecule has 5 rings (SSSR count). The van der Waals surface area contributed by atoms with Gasteiger partial charge in [-0.15, -0.1) is 10.2 Å². The van der Waals surface area contributed by atoms with Crippen LogP contribution in [0.1, 0.15) is 23.2 Å². The quantitative estimate of drug-likeness (QED) is 0.512. The summed E-state index contributed by atoms with van der Waals surface area (Å²) in [5, 5.41) is 8.80. The van der Waals surface area contributed by atoms with Gasteiger partial charge in [0.05, 0.1) is 11.8 Å². The number of nitrogens with zero attached hydrogens (tertiary/aromatic N) is 5. The Morgan fingerprint density at radius 1 is 0.889 bits per heavy atom. The SMILES string of the molecule is O=C(CN(CC1CCCO1)C(=O)c1ccccc1)N1CCN(c2ccc(-c3ccccc3)nn2)CC1. The van der Waals surface area contributed by atoms with Crippen molar-refractivity contribution in [2.45, 2.75) is 18.9 Å². The van der Waals surface area contributed by atoms with E-state index < -0.39 is 0 Å². The van der Waals surface area contributed by atoms with Crippen LogP contribution in [-0.4, -0.2) is 83.8 Å². The number of carbonyl (C=O) groups is 2. The molecule has 3 aromatic rings. The van der Waals surface area contributed by atoms with Crippen molar-refractivity contribution in [1.82, 2.24) is 20.0 Å². The standard InChI is InChI=1S/C28H31N5O3/c34-27(21-33(20-24-12-7-19-36-24)28(35)23-10-5-2-6-11-23)32-17-15-31(16-18-32)26-14-13-25(29-30-26)22-8-3-1-4-9-22/h1-6,8-11,13-14,24H,7,12,15-21H2. The first-order chi connectivity index (χ1) is 17.7. The molecule has 2 saturated heterocycles. The van der Waals surface area contributed by atoms with Gasteiger partial charge in [-0.2, -0.15) is 0 Å². The first-order valence-corrected chi connectivity index (χ1v) is 12.6. The number of hydrogen-bond donors (Lipinski definition) is 0. The van der Waals surface area contributed by atoms with Gasteiger partial charge in [0.25, 0.3) is 5.91 Å². The summed E-state index contributed by atoms with van der Waals surface area (Å²) in [6.45, 7) is 3.69. The van der Waals surface area contributed by atoms with Crippen LogP contribution in [0.2, 0.25) is 0 Å². The normalized spacial score (nSPS) is 17.7. The summed E-state index contributed by atoms with van der Waals surface area (Å²) >= 11 is 0. The topological polar surface area (TPSA) is 78.9 Å². The molecule has 2 aromatic carbocycles. The first kappa shape index (κ1) is 23.9. The van der Waals surface area contributed by atoms with Crippen LogP contribution in [-0.2, 0) is 9.53 Å². The molecule has 1 aromatic heterocycles. The van der Waals surface area contributed by atoms with Gasteiger partial charge in [0.2, 0.25) is 5.91 Å². The van der Waals surface area contributed by atoms with Crippen LogP contribution in [0.15, 0.2) is 72.8 Å². The summed E-state index contributed by atoms with van der Waals surface area (Å²) in [6, 6.07) is 23.1. The Morgan fingerprint density at radius 3 is 2.25 bits per heavy atom. The predicted molar refractivity (Wildman–Crippen MR) is 138 cm³/mol. The number of hydrogen-bond acceptors (Lipinski definition) is 6. The monoisotopic (exact) mass is 485 g/mol. The second kappa shape index (κ2) is 11.3. The minimum atomic E-state index is -0.133.